The van der Waals surface area contributed by atoms with Crippen molar-refractivity contribution in [3.63, 3.8) is 0 Å². The summed E-state index contributed by atoms with van der Waals surface area (Å²) >= 11 is 0. The van der Waals surface area contributed by atoms with Gasteiger partial charge in [-0.05, 0) is 6.92 Å². The Balaban J connectivity index is 2.91. The normalized spacial score (nSPS) is 11.5. The lowest BCUT2D eigenvalue weighted by Crippen LogP contribution is -2.29. The molecule has 0 saturated heterocycles. The Kier molecular flexibility index (Phi) is 5.82. The second-order valence-electron chi connectivity index (χ2n) is 4.55. The smallest absolute Gasteiger partial charge is 0.200 e. The lowest BCUT2D eigenvalue weighted by molar-refractivity contribution is 0.366. The molecule has 142 valence electrons. The van der Waals surface area contributed by atoms with E-state index in [0.29, 0.717) is 0 Å². The molecule has 0 bridgehead atoms. The third-order valence-electron chi connectivity index (χ3n) is 3.04. The van der Waals surface area contributed by atoms with E-state index in [2.05, 4.69) is 4.52 Å². The Bertz CT molecular complexity index is 757. The average Bonchev–Trinajstić information content (AvgIpc) is 2.61. The van der Waals surface area contributed by atoms with Crippen molar-refractivity contribution in [2.24, 2.45) is 0 Å². The first-order valence-electron chi connectivity index (χ1n) is 6.52. The molecule has 2 aromatic rings. The Hall–Kier alpha value is -1.87. The Labute approximate surface area is 140 Å². The number of rotatable bonds is 4. The zero-order valence-electron chi connectivity index (χ0n) is 12.3. The maximum atomic E-state index is 13.9. The van der Waals surface area contributed by atoms with E-state index in [1.165, 1.54) is 0 Å². The first-order valence-corrected chi connectivity index (χ1v) is 7.77. The van der Waals surface area contributed by atoms with Gasteiger partial charge in [-0.15, -0.1) is 0 Å². The summed E-state index contributed by atoms with van der Waals surface area (Å²) in [6.45, 7) is 0.498. The molecule has 0 radical (unpaired) electrons. The maximum absolute atomic E-state index is 13.9. The molecule has 2 aromatic carbocycles. The molecule has 0 saturated carbocycles. The van der Waals surface area contributed by atoms with Crippen LogP contribution >= 0.6 is 8.15 Å². The van der Waals surface area contributed by atoms with Gasteiger partial charge in [-0.3, -0.25) is 0 Å². The molecule has 0 aliphatic heterocycles. The molecule has 0 heterocycles. The zero-order valence-corrected chi connectivity index (χ0v) is 13.2. The van der Waals surface area contributed by atoms with Gasteiger partial charge in [0.05, 0.1) is 10.6 Å². The van der Waals surface area contributed by atoms with Crippen molar-refractivity contribution in [1.29, 1.82) is 0 Å². The molecule has 26 heavy (non-hydrogen) atoms. The molecule has 0 N–H and O–H groups in total. The molecule has 0 amide bonds. The fraction of sp³-hybridized carbons (Fsp3) is 0.143. The third-order valence-corrected chi connectivity index (χ3v) is 5.15. The van der Waals surface area contributed by atoms with Crippen LogP contribution in [0, 0.1) is 58.2 Å². The fourth-order valence-corrected chi connectivity index (χ4v) is 3.76. The fourth-order valence-electron chi connectivity index (χ4n) is 1.91. The molecule has 1 nitrogen and oxygen atoms in total. The van der Waals surface area contributed by atoms with Gasteiger partial charge < -0.3 is 4.52 Å². The van der Waals surface area contributed by atoms with Crippen LogP contribution in [0.15, 0.2) is 0 Å². The summed E-state index contributed by atoms with van der Waals surface area (Å²) in [7, 11) is -3.62. The van der Waals surface area contributed by atoms with E-state index in [4.69, 9.17) is 0 Å². The van der Waals surface area contributed by atoms with E-state index >= 15 is 0 Å². The van der Waals surface area contributed by atoms with Crippen LogP contribution in [0.25, 0.3) is 0 Å². The van der Waals surface area contributed by atoms with Gasteiger partial charge in [-0.25, -0.2) is 43.9 Å². The van der Waals surface area contributed by atoms with Crippen molar-refractivity contribution in [3.8, 4) is 0 Å². The Morgan fingerprint density at radius 3 is 0.962 bits per heavy atom. The average molecular weight is 410 g/mol. The van der Waals surface area contributed by atoms with Crippen LogP contribution in [-0.2, 0) is 4.52 Å². The van der Waals surface area contributed by atoms with Crippen molar-refractivity contribution in [2.45, 2.75) is 6.92 Å². The standard InChI is InChI=1S/C14H5F10OP/c1-2-25-26(13-9(21)5(17)3(15)6(18)10(13)22)14-11(23)7(19)4(16)8(20)12(14)24/h2H2,1H3. The van der Waals surface area contributed by atoms with Gasteiger partial charge in [0.25, 0.3) is 0 Å². The lowest BCUT2D eigenvalue weighted by Gasteiger charge is -2.21. The van der Waals surface area contributed by atoms with Gasteiger partial charge in [0.2, 0.25) is 11.6 Å². The number of hydrogen-bond donors (Lipinski definition) is 0. The molecule has 0 unspecified atom stereocenters. The summed E-state index contributed by atoms with van der Waals surface area (Å²) < 4.78 is 140. The molecule has 0 aliphatic rings. The van der Waals surface area contributed by atoms with E-state index in [-0.39, 0.29) is 0 Å². The van der Waals surface area contributed by atoms with Crippen LogP contribution in [-0.4, -0.2) is 6.61 Å². The molecule has 0 fully saturated rings. The van der Waals surface area contributed by atoms with E-state index in [1.54, 1.807) is 0 Å². The molecule has 0 spiro atoms. The first kappa shape index (κ1) is 20.4. The summed E-state index contributed by atoms with van der Waals surface area (Å²) in [5.41, 5.74) is 0. The highest BCUT2D eigenvalue weighted by molar-refractivity contribution is 7.68. The van der Waals surface area contributed by atoms with Crippen LogP contribution in [0.1, 0.15) is 6.92 Å². The van der Waals surface area contributed by atoms with Crippen molar-refractivity contribution in [1.82, 2.24) is 0 Å². The van der Waals surface area contributed by atoms with Crippen LogP contribution in [0.4, 0.5) is 43.9 Å². The van der Waals surface area contributed by atoms with Gasteiger partial charge in [0.15, 0.2) is 46.5 Å². The second kappa shape index (κ2) is 7.40. The van der Waals surface area contributed by atoms with Crippen molar-refractivity contribution in [3.05, 3.63) is 58.2 Å². The highest BCUT2D eigenvalue weighted by Crippen LogP contribution is 2.41. The number of hydrogen-bond acceptors (Lipinski definition) is 1. The number of benzene rings is 2. The van der Waals surface area contributed by atoms with Crippen LogP contribution < -0.4 is 10.6 Å². The topological polar surface area (TPSA) is 9.23 Å². The highest BCUT2D eigenvalue weighted by atomic mass is 31.1. The molecule has 2 rings (SSSR count). The second-order valence-corrected chi connectivity index (χ2v) is 6.29. The van der Waals surface area contributed by atoms with E-state index in [1.807, 2.05) is 0 Å². The van der Waals surface area contributed by atoms with Crippen LogP contribution in [0.3, 0.4) is 0 Å². The summed E-state index contributed by atoms with van der Waals surface area (Å²) in [6, 6.07) is 0. The lowest BCUT2D eigenvalue weighted by atomic mass is 10.3. The predicted molar refractivity (Wildman–Crippen MR) is 70.3 cm³/mol. The van der Waals surface area contributed by atoms with E-state index in [9.17, 15) is 43.9 Å². The van der Waals surface area contributed by atoms with Gasteiger partial charge in [0.1, 0.15) is 8.15 Å². The minimum Gasteiger partial charge on any atom is -0.349 e. The molecule has 12 heteroatoms. The third kappa shape index (κ3) is 3.03. The van der Waals surface area contributed by atoms with Crippen LogP contribution in [0.2, 0.25) is 0 Å². The molecule has 0 atom stereocenters. The van der Waals surface area contributed by atoms with Gasteiger partial charge in [-0.2, -0.15) is 0 Å². The van der Waals surface area contributed by atoms with Crippen LogP contribution in [0.5, 0.6) is 0 Å². The van der Waals surface area contributed by atoms with E-state index < -0.39 is 83.5 Å². The molecule has 0 aliphatic carbocycles. The minimum atomic E-state index is -3.62. The Morgan fingerprint density at radius 1 is 0.500 bits per heavy atom. The van der Waals surface area contributed by atoms with Crippen molar-refractivity contribution < 1.29 is 48.4 Å². The summed E-state index contributed by atoms with van der Waals surface area (Å²) in [5.74, 6) is -25.0. The summed E-state index contributed by atoms with van der Waals surface area (Å²) in [4.78, 5) is 0. The largest absolute Gasteiger partial charge is 0.349 e. The van der Waals surface area contributed by atoms with Gasteiger partial charge in [-0.1, -0.05) is 0 Å². The maximum Gasteiger partial charge on any atom is 0.200 e. The summed E-state index contributed by atoms with van der Waals surface area (Å²) in [6.07, 6.45) is 0. The minimum absolute atomic E-state index is 0.606. The first-order chi connectivity index (χ1) is 12.1. The highest BCUT2D eigenvalue weighted by Gasteiger charge is 2.38. The Morgan fingerprint density at radius 2 is 0.731 bits per heavy atom. The molecular weight excluding hydrogens is 405 g/mol. The molecule has 0 aromatic heterocycles. The van der Waals surface area contributed by atoms with Crippen molar-refractivity contribution >= 4 is 18.8 Å². The monoisotopic (exact) mass is 410 g/mol. The summed E-state index contributed by atoms with van der Waals surface area (Å²) in [5, 5.41) is -3.66. The van der Waals surface area contributed by atoms with Crippen molar-refractivity contribution in [2.75, 3.05) is 6.61 Å². The predicted octanol–water partition coefficient (Wildman–Crippen LogP) is 4.46. The SMILES string of the molecule is CCOP(c1c(F)c(F)c(F)c(F)c1F)c1c(F)c(F)c(F)c(F)c1F. The quantitative estimate of drug-likeness (QED) is 0.313. The van der Waals surface area contributed by atoms with E-state index in [0.717, 1.165) is 6.92 Å². The molecular formula is C14H5F10OP. The number of halogens is 10. The van der Waals surface area contributed by atoms with Gasteiger partial charge >= 0.3 is 0 Å². The zero-order chi connectivity index (χ0) is 19.9. The van der Waals surface area contributed by atoms with Gasteiger partial charge in [0, 0.05) is 6.61 Å².